The minimum Gasteiger partial charge on any atom is -0.496 e. The standard InChI is InChI=1S/C25H29N3O3/c1-17(2)31-25(29)20-10-12-23(13-11-20)28-18(3)14-22(19(28)4)16-27-26-15-21-8-6-7-9-24(21)30-5/h6-14,16-17,26H,15H2,1-5H3/b27-16+. The third-order valence-corrected chi connectivity index (χ3v) is 4.93. The molecule has 0 unspecified atom stereocenters. The summed E-state index contributed by atoms with van der Waals surface area (Å²) in [7, 11) is 1.66. The van der Waals surface area contributed by atoms with Crippen LogP contribution in [0.25, 0.3) is 5.69 Å². The first-order valence-corrected chi connectivity index (χ1v) is 10.3. The molecule has 6 heteroatoms. The molecule has 1 heterocycles. The van der Waals surface area contributed by atoms with E-state index < -0.39 is 0 Å². The third kappa shape index (κ3) is 5.34. The summed E-state index contributed by atoms with van der Waals surface area (Å²) in [4.78, 5) is 12.1. The predicted octanol–water partition coefficient (Wildman–Crippen LogP) is 4.79. The predicted molar refractivity (Wildman–Crippen MR) is 123 cm³/mol. The number of carbonyl (C=O) groups excluding carboxylic acids is 1. The molecule has 0 saturated carbocycles. The zero-order chi connectivity index (χ0) is 22.4. The van der Waals surface area contributed by atoms with E-state index in [-0.39, 0.29) is 12.1 Å². The molecular formula is C25H29N3O3. The monoisotopic (exact) mass is 419 g/mol. The van der Waals surface area contributed by atoms with Crippen LogP contribution in [0.1, 0.15) is 46.7 Å². The molecule has 0 fully saturated rings. The number of benzene rings is 2. The summed E-state index contributed by atoms with van der Waals surface area (Å²) >= 11 is 0. The number of nitrogens with zero attached hydrogens (tertiary/aromatic N) is 2. The van der Waals surface area contributed by atoms with Crippen LogP contribution < -0.4 is 10.2 Å². The van der Waals surface area contributed by atoms with Crippen molar-refractivity contribution in [3.05, 3.63) is 82.7 Å². The van der Waals surface area contributed by atoms with Gasteiger partial charge in [0, 0.05) is 28.2 Å². The highest BCUT2D eigenvalue weighted by Gasteiger charge is 2.12. The fourth-order valence-electron chi connectivity index (χ4n) is 3.44. The Morgan fingerprint density at radius 1 is 1.13 bits per heavy atom. The lowest BCUT2D eigenvalue weighted by molar-refractivity contribution is 0.0378. The van der Waals surface area contributed by atoms with Gasteiger partial charge in [-0.15, -0.1) is 0 Å². The summed E-state index contributed by atoms with van der Waals surface area (Å²) < 4.78 is 12.8. The van der Waals surface area contributed by atoms with E-state index in [1.54, 1.807) is 19.2 Å². The van der Waals surface area contributed by atoms with Crippen molar-refractivity contribution in [3.8, 4) is 11.4 Å². The van der Waals surface area contributed by atoms with Crippen LogP contribution in [-0.4, -0.2) is 30.0 Å². The summed E-state index contributed by atoms with van der Waals surface area (Å²) in [5.74, 6) is 0.528. The van der Waals surface area contributed by atoms with Crippen LogP contribution in [0.2, 0.25) is 0 Å². The number of aromatic nitrogens is 1. The van der Waals surface area contributed by atoms with Gasteiger partial charge in [0.15, 0.2) is 0 Å². The first kappa shape index (κ1) is 22.2. The number of nitrogens with one attached hydrogen (secondary N) is 1. The van der Waals surface area contributed by atoms with Crippen LogP contribution in [0, 0.1) is 13.8 Å². The topological polar surface area (TPSA) is 64.8 Å². The number of rotatable bonds is 8. The smallest absolute Gasteiger partial charge is 0.338 e. The Balaban J connectivity index is 1.71. The van der Waals surface area contributed by atoms with Gasteiger partial charge in [-0.1, -0.05) is 18.2 Å². The summed E-state index contributed by atoms with van der Waals surface area (Å²) in [6, 6.07) is 17.4. The number of para-hydroxylation sites is 1. The fraction of sp³-hybridized carbons (Fsp3) is 0.280. The molecule has 3 aromatic rings. The zero-order valence-electron chi connectivity index (χ0n) is 18.7. The van der Waals surface area contributed by atoms with Crippen molar-refractivity contribution in [2.45, 2.75) is 40.3 Å². The molecule has 0 aliphatic rings. The Hall–Kier alpha value is -3.54. The highest BCUT2D eigenvalue weighted by Crippen LogP contribution is 2.21. The van der Waals surface area contributed by atoms with E-state index in [1.807, 2.05) is 63.4 Å². The van der Waals surface area contributed by atoms with Crippen LogP contribution in [0.4, 0.5) is 0 Å². The second-order valence-electron chi connectivity index (χ2n) is 7.57. The molecule has 0 aliphatic heterocycles. The number of aryl methyl sites for hydroxylation is 1. The summed E-state index contributed by atoms with van der Waals surface area (Å²) in [6.45, 7) is 8.36. The Morgan fingerprint density at radius 2 is 1.84 bits per heavy atom. The molecule has 3 rings (SSSR count). The first-order chi connectivity index (χ1) is 14.9. The minimum absolute atomic E-state index is 0.139. The Labute approximate surface area is 183 Å². The molecule has 0 spiro atoms. The number of carbonyl (C=O) groups is 1. The van der Waals surface area contributed by atoms with Gasteiger partial charge >= 0.3 is 5.97 Å². The number of hydrogen-bond donors (Lipinski definition) is 1. The lowest BCUT2D eigenvalue weighted by Gasteiger charge is -2.11. The summed E-state index contributed by atoms with van der Waals surface area (Å²) in [5, 5.41) is 4.38. The van der Waals surface area contributed by atoms with Gasteiger partial charge in [0.25, 0.3) is 0 Å². The van der Waals surface area contributed by atoms with Crippen LogP contribution in [0.3, 0.4) is 0 Å². The average Bonchev–Trinajstić information content (AvgIpc) is 3.04. The number of methoxy groups -OCH3 is 1. The third-order valence-electron chi connectivity index (χ3n) is 4.93. The van der Waals surface area contributed by atoms with Crippen LogP contribution in [0.5, 0.6) is 5.75 Å². The van der Waals surface area contributed by atoms with E-state index in [9.17, 15) is 4.79 Å². The quantitative estimate of drug-likeness (QED) is 0.324. The molecule has 0 saturated heterocycles. The van der Waals surface area contributed by atoms with Crippen molar-refractivity contribution in [1.29, 1.82) is 0 Å². The highest BCUT2D eigenvalue weighted by molar-refractivity contribution is 5.89. The van der Waals surface area contributed by atoms with Crippen molar-refractivity contribution < 1.29 is 14.3 Å². The van der Waals surface area contributed by atoms with Crippen molar-refractivity contribution in [3.63, 3.8) is 0 Å². The first-order valence-electron chi connectivity index (χ1n) is 10.3. The van der Waals surface area contributed by atoms with E-state index in [4.69, 9.17) is 9.47 Å². The highest BCUT2D eigenvalue weighted by atomic mass is 16.5. The van der Waals surface area contributed by atoms with Gasteiger partial charge in [0.2, 0.25) is 0 Å². The van der Waals surface area contributed by atoms with Crippen LogP contribution in [0.15, 0.2) is 59.7 Å². The van der Waals surface area contributed by atoms with Gasteiger partial charge in [-0.05, 0) is 64.1 Å². The van der Waals surface area contributed by atoms with Gasteiger partial charge in [-0.2, -0.15) is 5.10 Å². The lowest BCUT2D eigenvalue weighted by atomic mass is 10.2. The van der Waals surface area contributed by atoms with Gasteiger partial charge in [0.1, 0.15) is 5.75 Å². The molecule has 0 amide bonds. The van der Waals surface area contributed by atoms with E-state index in [1.165, 1.54) is 0 Å². The molecule has 162 valence electrons. The molecule has 2 aromatic carbocycles. The van der Waals surface area contributed by atoms with Crippen LogP contribution in [-0.2, 0) is 11.3 Å². The molecule has 0 radical (unpaired) electrons. The van der Waals surface area contributed by atoms with Crippen molar-refractivity contribution in [1.82, 2.24) is 9.99 Å². The van der Waals surface area contributed by atoms with Crippen molar-refractivity contribution in [2.24, 2.45) is 5.10 Å². The molecule has 1 aromatic heterocycles. The maximum absolute atomic E-state index is 12.1. The minimum atomic E-state index is -0.309. The largest absolute Gasteiger partial charge is 0.496 e. The van der Waals surface area contributed by atoms with Crippen molar-refractivity contribution >= 4 is 12.2 Å². The molecule has 0 aliphatic carbocycles. The Bertz CT molecular complexity index is 1070. The van der Waals surface area contributed by atoms with Gasteiger partial charge in [-0.25, -0.2) is 4.79 Å². The maximum atomic E-state index is 12.1. The lowest BCUT2D eigenvalue weighted by Crippen LogP contribution is -2.11. The number of hydrogen-bond acceptors (Lipinski definition) is 5. The van der Waals surface area contributed by atoms with E-state index in [0.717, 1.165) is 34.0 Å². The number of hydrazone groups is 1. The zero-order valence-corrected chi connectivity index (χ0v) is 18.7. The van der Waals surface area contributed by atoms with Gasteiger partial charge in [0.05, 0.1) is 31.5 Å². The Morgan fingerprint density at radius 3 is 2.52 bits per heavy atom. The van der Waals surface area contributed by atoms with Gasteiger partial charge in [-0.3, -0.25) is 0 Å². The number of esters is 1. The molecule has 1 N–H and O–H groups in total. The second kappa shape index (κ2) is 9.98. The molecular weight excluding hydrogens is 390 g/mol. The SMILES string of the molecule is COc1ccccc1CN/N=C/c1cc(C)n(-c2ccc(C(=O)OC(C)C)cc2)c1C. The maximum Gasteiger partial charge on any atom is 0.338 e. The molecule has 0 bridgehead atoms. The van der Waals surface area contributed by atoms with Crippen molar-refractivity contribution in [2.75, 3.05) is 7.11 Å². The summed E-state index contributed by atoms with van der Waals surface area (Å²) in [5.41, 5.74) is 8.83. The van der Waals surface area contributed by atoms with E-state index in [2.05, 4.69) is 28.1 Å². The normalized spacial score (nSPS) is 11.2. The number of ether oxygens (including phenoxy) is 2. The van der Waals surface area contributed by atoms with E-state index >= 15 is 0 Å². The molecule has 31 heavy (non-hydrogen) atoms. The average molecular weight is 420 g/mol. The molecule has 6 nitrogen and oxygen atoms in total. The van der Waals surface area contributed by atoms with Crippen LogP contribution >= 0.6 is 0 Å². The van der Waals surface area contributed by atoms with Gasteiger partial charge < -0.3 is 19.5 Å². The summed E-state index contributed by atoms with van der Waals surface area (Å²) in [6.07, 6.45) is 1.68. The second-order valence-corrected chi connectivity index (χ2v) is 7.57. The fourth-order valence-corrected chi connectivity index (χ4v) is 3.44. The van der Waals surface area contributed by atoms with E-state index in [0.29, 0.717) is 12.1 Å². The molecule has 0 atom stereocenters. The Kier molecular flexibility index (Phi) is 7.13.